The summed E-state index contributed by atoms with van der Waals surface area (Å²) < 4.78 is 15.4. The van der Waals surface area contributed by atoms with Crippen LogP contribution in [0.3, 0.4) is 0 Å². The minimum Gasteiger partial charge on any atom is -0.279 e. The molecule has 0 atom stereocenters. The van der Waals surface area contributed by atoms with Gasteiger partial charge in [0.25, 0.3) is 0 Å². The fraction of sp³-hybridized carbons (Fsp3) is 0.0357. The normalized spacial score (nSPS) is 11.0. The van der Waals surface area contributed by atoms with Crippen molar-refractivity contribution in [3.05, 3.63) is 109 Å². The number of benzene rings is 4. The second kappa shape index (κ2) is 7.69. The SMILES string of the molecule is CC(=O)n1c(-c2ccccc2)c(-c2ccccc2)c2cccc(-c3ccc(F)cc3)c21. The lowest BCUT2D eigenvalue weighted by atomic mass is 9.96. The van der Waals surface area contributed by atoms with Crippen LogP contribution in [0.15, 0.2) is 103 Å². The van der Waals surface area contributed by atoms with Gasteiger partial charge in [-0.2, -0.15) is 0 Å². The minimum atomic E-state index is -0.284. The van der Waals surface area contributed by atoms with Gasteiger partial charge in [-0.3, -0.25) is 9.36 Å². The van der Waals surface area contributed by atoms with E-state index < -0.39 is 0 Å². The van der Waals surface area contributed by atoms with Crippen LogP contribution in [0, 0.1) is 5.82 Å². The van der Waals surface area contributed by atoms with Crippen LogP contribution in [0.5, 0.6) is 0 Å². The Labute approximate surface area is 180 Å². The summed E-state index contributed by atoms with van der Waals surface area (Å²) in [4.78, 5) is 13.0. The van der Waals surface area contributed by atoms with Crippen LogP contribution >= 0.6 is 0 Å². The Morgan fingerprint density at radius 3 is 1.90 bits per heavy atom. The summed E-state index contributed by atoms with van der Waals surface area (Å²) in [6.45, 7) is 1.59. The van der Waals surface area contributed by atoms with Gasteiger partial charge < -0.3 is 0 Å². The first-order valence-corrected chi connectivity index (χ1v) is 10.2. The molecule has 0 aliphatic heterocycles. The largest absolute Gasteiger partial charge is 0.279 e. The van der Waals surface area contributed by atoms with Gasteiger partial charge in [-0.05, 0) is 28.8 Å². The van der Waals surface area contributed by atoms with Gasteiger partial charge in [0.2, 0.25) is 5.91 Å². The van der Waals surface area contributed by atoms with Crippen LogP contribution in [0.1, 0.15) is 11.7 Å². The molecular weight excluding hydrogens is 385 g/mol. The Hall–Kier alpha value is -3.98. The van der Waals surface area contributed by atoms with E-state index in [1.54, 1.807) is 23.6 Å². The Kier molecular flexibility index (Phi) is 4.72. The van der Waals surface area contributed by atoms with Crippen LogP contribution in [-0.4, -0.2) is 10.5 Å². The number of hydrogen-bond donors (Lipinski definition) is 0. The van der Waals surface area contributed by atoms with Crippen molar-refractivity contribution in [3.8, 4) is 33.5 Å². The molecule has 0 bridgehead atoms. The average Bonchev–Trinajstić information content (AvgIpc) is 3.16. The number of carbonyl (C=O) groups is 1. The molecule has 0 amide bonds. The zero-order valence-electron chi connectivity index (χ0n) is 17.0. The smallest absolute Gasteiger partial charge is 0.228 e. The molecule has 1 heterocycles. The molecular formula is C28H20FNO. The molecule has 31 heavy (non-hydrogen) atoms. The predicted octanol–water partition coefficient (Wildman–Crippen LogP) is 7.44. The number of aromatic nitrogens is 1. The van der Waals surface area contributed by atoms with Crippen molar-refractivity contribution >= 4 is 16.8 Å². The second-order valence-corrected chi connectivity index (χ2v) is 7.52. The number of para-hydroxylation sites is 1. The molecule has 0 spiro atoms. The molecule has 150 valence electrons. The first-order valence-electron chi connectivity index (χ1n) is 10.2. The lowest BCUT2D eigenvalue weighted by Crippen LogP contribution is -2.08. The number of hydrogen-bond acceptors (Lipinski definition) is 1. The van der Waals surface area contributed by atoms with E-state index in [0.717, 1.165) is 44.4 Å². The van der Waals surface area contributed by atoms with Gasteiger partial charge in [-0.1, -0.05) is 91.0 Å². The number of halogens is 1. The molecule has 4 aromatic carbocycles. The van der Waals surface area contributed by atoms with Crippen molar-refractivity contribution in [1.29, 1.82) is 0 Å². The Bertz CT molecular complexity index is 1380. The van der Waals surface area contributed by atoms with Crippen LogP contribution < -0.4 is 0 Å². The highest BCUT2D eigenvalue weighted by Gasteiger charge is 2.24. The van der Waals surface area contributed by atoms with E-state index in [4.69, 9.17) is 0 Å². The van der Waals surface area contributed by atoms with Gasteiger partial charge in [0, 0.05) is 23.4 Å². The van der Waals surface area contributed by atoms with E-state index in [1.165, 1.54) is 12.1 Å². The minimum absolute atomic E-state index is 0.0689. The highest BCUT2D eigenvalue weighted by atomic mass is 19.1. The topological polar surface area (TPSA) is 22.0 Å². The monoisotopic (exact) mass is 405 g/mol. The van der Waals surface area contributed by atoms with E-state index in [-0.39, 0.29) is 11.7 Å². The van der Waals surface area contributed by atoms with Crippen LogP contribution in [-0.2, 0) is 0 Å². The standard InChI is InChI=1S/C28H20FNO/c1-19(31)30-27(22-11-6-3-7-12-22)26(21-9-4-2-5-10-21)25-14-8-13-24(28(25)30)20-15-17-23(29)18-16-20/h2-18H,1H3. The molecule has 5 aromatic rings. The molecule has 0 aliphatic rings. The number of carbonyl (C=O) groups excluding carboxylic acids is 1. The molecule has 0 fully saturated rings. The molecule has 2 nitrogen and oxygen atoms in total. The maximum atomic E-state index is 13.6. The van der Waals surface area contributed by atoms with Gasteiger partial charge >= 0.3 is 0 Å². The Morgan fingerprint density at radius 1 is 0.677 bits per heavy atom. The van der Waals surface area contributed by atoms with E-state index in [2.05, 4.69) is 18.2 Å². The Morgan fingerprint density at radius 2 is 1.29 bits per heavy atom. The van der Waals surface area contributed by atoms with Gasteiger partial charge in [0.1, 0.15) is 5.82 Å². The van der Waals surface area contributed by atoms with Crippen LogP contribution in [0.25, 0.3) is 44.4 Å². The first-order chi connectivity index (χ1) is 15.1. The van der Waals surface area contributed by atoms with Crippen molar-refractivity contribution in [2.75, 3.05) is 0 Å². The first kappa shape index (κ1) is 19.0. The maximum absolute atomic E-state index is 13.6. The summed E-state index contributed by atoms with van der Waals surface area (Å²) in [6, 6.07) is 32.5. The van der Waals surface area contributed by atoms with Crippen LogP contribution in [0.2, 0.25) is 0 Å². The third kappa shape index (κ3) is 3.24. The molecule has 0 aliphatic carbocycles. The second-order valence-electron chi connectivity index (χ2n) is 7.52. The molecule has 0 radical (unpaired) electrons. The molecule has 0 N–H and O–H groups in total. The molecule has 3 heteroatoms. The molecule has 1 aromatic heterocycles. The van der Waals surface area contributed by atoms with Crippen molar-refractivity contribution in [1.82, 2.24) is 4.57 Å². The lowest BCUT2D eigenvalue weighted by Gasteiger charge is -2.11. The third-order valence-electron chi connectivity index (χ3n) is 5.57. The van der Waals surface area contributed by atoms with Crippen molar-refractivity contribution in [2.24, 2.45) is 0 Å². The van der Waals surface area contributed by atoms with E-state index in [1.807, 2.05) is 60.7 Å². The van der Waals surface area contributed by atoms with Crippen molar-refractivity contribution in [3.63, 3.8) is 0 Å². The van der Waals surface area contributed by atoms with E-state index >= 15 is 0 Å². The van der Waals surface area contributed by atoms with Crippen molar-refractivity contribution in [2.45, 2.75) is 6.92 Å². The molecule has 0 saturated carbocycles. The third-order valence-corrected chi connectivity index (χ3v) is 5.57. The fourth-order valence-electron chi connectivity index (χ4n) is 4.28. The van der Waals surface area contributed by atoms with Gasteiger partial charge in [-0.25, -0.2) is 4.39 Å². The van der Waals surface area contributed by atoms with Crippen LogP contribution in [0.4, 0.5) is 4.39 Å². The highest BCUT2D eigenvalue weighted by molar-refractivity contribution is 6.13. The highest BCUT2D eigenvalue weighted by Crippen LogP contribution is 2.44. The summed E-state index contributed by atoms with van der Waals surface area (Å²) in [5.41, 5.74) is 6.49. The predicted molar refractivity (Wildman–Crippen MR) is 125 cm³/mol. The van der Waals surface area contributed by atoms with Crippen molar-refractivity contribution < 1.29 is 9.18 Å². The van der Waals surface area contributed by atoms with Gasteiger partial charge in [-0.15, -0.1) is 0 Å². The number of nitrogens with zero attached hydrogens (tertiary/aromatic N) is 1. The fourth-order valence-corrected chi connectivity index (χ4v) is 4.28. The molecule has 0 saturated heterocycles. The quantitative estimate of drug-likeness (QED) is 0.306. The average molecular weight is 405 g/mol. The van der Waals surface area contributed by atoms with Gasteiger partial charge in [0.15, 0.2) is 0 Å². The zero-order chi connectivity index (χ0) is 21.4. The molecule has 0 unspecified atom stereocenters. The summed E-state index contributed by atoms with van der Waals surface area (Å²) in [6.07, 6.45) is 0. The summed E-state index contributed by atoms with van der Waals surface area (Å²) in [7, 11) is 0. The molecule has 5 rings (SSSR count). The zero-order valence-corrected chi connectivity index (χ0v) is 17.0. The Balaban J connectivity index is 1.96. The van der Waals surface area contributed by atoms with Gasteiger partial charge in [0.05, 0.1) is 11.2 Å². The number of rotatable bonds is 3. The van der Waals surface area contributed by atoms with E-state index in [9.17, 15) is 9.18 Å². The summed E-state index contributed by atoms with van der Waals surface area (Å²) in [5.74, 6) is -0.353. The number of fused-ring (bicyclic) bond motifs is 1. The maximum Gasteiger partial charge on any atom is 0.228 e. The summed E-state index contributed by atoms with van der Waals surface area (Å²) in [5, 5.41) is 0.988. The lowest BCUT2D eigenvalue weighted by molar-refractivity contribution is 0.0943. The van der Waals surface area contributed by atoms with E-state index in [0.29, 0.717) is 0 Å². The summed E-state index contributed by atoms with van der Waals surface area (Å²) >= 11 is 0.